The van der Waals surface area contributed by atoms with Crippen molar-refractivity contribution in [3.8, 4) is 0 Å². The van der Waals surface area contributed by atoms with Crippen molar-refractivity contribution in [2.75, 3.05) is 5.75 Å². The van der Waals surface area contributed by atoms with Gasteiger partial charge in [-0.1, -0.05) is 42.5 Å². The number of imide groups is 1. The van der Waals surface area contributed by atoms with Crippen LogP contribution in [0, 0.1) is 0 Å². The number of nitrogens with zero attached hydrogens (tertiary/aromatic N) is 1. The van der Waals surface area contributed by atoms with Crippen LogP contribution in [0.25, 0.3) is 0 Å². The van der Waals surface area contributed by atoms with E-state index in [2.05, 4.69) is 0 Å². The predicted molar refractivity (Wildman–Crippen MR) is 91.0 cm³/mol. The molecule has 0 saturated heterocycles. The molecule has 0 unspecified atom stereocenters. The van der Waals surface area contributed by atoms with Gasteiger partial charge in [-0.15, -0.1) is 0 Å². The Labute approximate surface area is 143 Å². The second kappa shape index (κ2) is 6.88. The highest BCUT2D eigenvalue weighted by atomic mass is 32.2. The van der Waals surface area contributed by atoms with E-state index in [1.54, 1.807) is 24.3 Å². The first-order chi connectivity index (χ1) is 11.6. The number of hydrogen-bond donors (Lipinski definition) is 1. The summed E-state index contributed by atoms with van der Waals surface area (Å²) >= 11 is 1.39. The van der Waals surface area contributed by atoms with Crippen molar-refractivity contribution in [2.45, 2.75) is 11.8 Å². The maximum atomic E-state index is 12.4. The van der Waals surface area contributed by atoms with Gasteiger partial charge in [0, 0.05) is 11.5 Å². The van der Waals surface area contributed by atoms with Gasteiger partial charge < -0.3 is 5.11 Å². The van der Waals surface area contributed by atoms with Crippen molar-refractivity contribution in [1.29, 1.82) is 0 Å². The Morgan fingerprint density at radius 3 is 2.04 bits per heavy atom. The summed E-state index contributed by atoms with van der Waals surface area (Å²) < 4.78 is 0. The van der Waals surface area contributed by atoms with Crippen molar-refractivity contribution in [3.05, 3.63) is 71.3 Å². The van der Waals surface area contributed by atoms with E-state index in [1.165, 1.54) is 11.8 Å². The van der Waals surface area contributed by atoms with Crippen LogP contribution in [0.5, 0.6) is 0 Å². The first-order valence-electron chi connectivity index (χ1n) is 7.41. The van der Waals surface area contributed by atoms with Gasteiger partial charge in [0.05, 0.1) is 11.1 Å². The highest BCUT2D eigenvalue weighted by Crippen LogP contribution is 2.26. The molecule has 0 fully saturated rings. The van der Waals surface area contributed by atoms with E-state index in [9.17, 15) is 19.5 Å². The van der Waals surface area contributed by atoms with Crippen molar-refractivity contribution in [2.24, 2.45) is 0 Å². The molecular weight excluding hydrogens is 326 g/mol. The lowest BCUT2D eigenvalue weighted by Crippen LogP contribution is -2.46. The fourth-order valence-corrected chi connectivity index (χ4v) is 3.67. The molecule has 1 atom stereocenters. The Morgan fingerprint density at radius 2 is 1.50 bits per heavy atom. The first-order valence-corrected chi connectivity index (χ1v) is 8.56. The molecule has 24 heavy (non-hydrogen) atoms. The number of amides is 2. The molecule has 122 valence electrons. The second-order valence-electron chi connectivity index (χ2n) is 5.38. The van der Waals surface area contributed by atoms with E-state index in [4.69, 9.17) is 0 Å². The molecule has 3 rings (SSSR count). The summed E-state index contributed by atoms with van der Waals surface area (Å²) in [5.74, 6) is -1.49. The Hall–Kier alpha value is -2.60. The van der Waals surface area contributed by atoms with Crippen LogP contribution in [0.3, 0.4) is 0 Å². The molecular formula is C18H15NO4S. The zero-order chi connectivity index (χ0) is 17.1. The molecule has 0 bridgehead atoms. The normalized spacial score (nSPS) is 14.6. The molecule has 2 aromatic carbocycles. The van der Waals surface area contributed by atoms with Gasteiger partial charge in [-0.3, -0.25) is 14.5 Å². The molecule has 0 radical (unpaired) electrons. The highest BCUT2D eigenvalue weighted by Gasteiger charge is 2.42. The highest BCUT2D eigenvalue weighted by molar-refractivity contribution is 7.98. The van der Waals surface area contributed by atoms with E-state index in [0.717, 1.165) is 10.5 Å². The van der Waals surface area contributed by atoms with E-state index in [-0.39, 0.29) is 16.9 Å². The molecule has 0 aromatic heterocycles. The molecule has 2 aromatic rings. The number of thioether (sulfide) groups is 1. The molecule has 1 N–H and O–H groups in total. The Bertz CT molecular complexity index is 756. The Morgan fingerprint density at radius 1 is 0.958 bits per heavy atom. The molecule has 5 nitrogen and oxygen atoms in total. The topological polar surface area (TPSA) is 74.7 Å². The smallest absolute Gasteiger partial charge is 0.327 e. The number of carbonyl (C=O) groups excluding carboxylic acids is 2. The predicted octanol–water partition coefficient (Wildman–Crippen LogP) is 2.67. The van der Waals surface area contributed by atoms with Crippen LogP contribution in [-0.4, -0.2) is 39.6 Å². The summed E-state index contributed by atoms with van der Waals surface area (Å²) in [6.45, 7) is 0. The largest absolute Gasteiger partial charge is 0.480 e. The van der Waals surface area contributed by atoms with Crippen LogP contribution in [0.2, 0.25) is 0 Å². The third-order valence-electron chi connectivity index (χ3n) is 3.81. The van der Waals surface area contributed by atoms with E-state index in [1.807, 2.05) is 30.3 Å². The summed E-state index contributed by atoms with van der Waals surface area (Å²) in [6.07, 6.45) is 0. The van der Waals surface area contributed by atoms with Gasteiger partial charge in [0.1, 0.15) is 6.04 Å². The quantitative estimate of drug-likeness (QED) is 0.818. The number of carboxylic acids is 1. The van der Waals surface area contributed by atoms with Crippen LogP contribution in [-0.2, 0) is 10.5 Å². The number of benzene rings is 2. The Balaban J connectivity index is 1.74. The minimum atomic E-state index is -1.18. The SMILES string of the molecule is O=C(O)[C@H](CSCc1ccccc1)N1C(=O)c2ccccc2C1=O. The van der Waals surface area contributed by atoms with Crippen LogP contribution in [0.1, 0.15) is 26.3 Å². The molecule has 0 aliphatic carbocycles. The summed E-state index contributed by atoms with van der Waals surface area (Å²) in [5.41, 5.74) is 1.60. The molecule has 6 heteroatoms. The molecule has 0 saturated carbocycles. The van der Waals surface area contributed by atoms with Crippen molar-refractivity contribution in [3.63, 3.8) is 0 Å². The monoisotopic (exact) mass is 341 g/mol. The number of carboxylic acid groups (broad SMARTS) is 1. The fraction of sp³-hybridized carbons (Fsp3) is 0.167. The summed E-state index contributed by atoms with van der Waals surface area (Å²) in [6, 6.07) is 14.9. The zero-order valence-corrected chi connectivity index (χ0v) is 13.5. The van der Waals surface area contributed by atoms with Gasteiger partial charge in [0.15, 0.2) is 0 Å². The van der Waals surface area contributed by atoms with E-state index < -0.39 is 23.8 Å². The van der Waals surface area contributed by atoms with Gasteiger partial charge in [0.25, 0.3) is 11.8 Å². The first kappa shape index (κ1) is 16.3. The molecule has 1 aliphatic rings. The van der Waals surface area contributed by atoms with Gasteiger partial charge in [-0.05, 0) is 17.7 Å². The summed E-state index contributed by atoms with van der Waals surface area (Å²) in [5, 5.41) is 9.49. The van der Waals surface area contributed by atoms with Crippen molar-refractivity contribution < 1.29 is 19.5 Å². The van der Waals surface area contributed by atoms with Crippen LogP contribution in [0.4, 0.5) is 0 Å². The van der Waals surface area contributed by atoms with Crippen LogP contribution < -0.4 is 0 Å². The standard InChI is InChI=1S/C18H15NO4S/c20-16-13-8-4-5-9-14(13)17(21)19(16)15(18(22)23)11-24-10-12-6-2-1-3-7-12/h1-9,15H,10-11H2,(H,22,23)/t15-/m0/s1. The van der Waals surface area contributed by atoms with Gasteiger partial charge in [-0.25, -0.2) is 4.79 Å². The number of rotatable bonds is 6. The number of fused-ring (bicyclic) bond motifs is 1. The van der Waals surface area contributed by atoms with Crippen LogP contribution >= 0.6 is 11.8 Å². The lowest BCUT2D eigenvalue weighted by Gasteiger charge is -2.22. The summed E-state index contributed by atoms with van der Waals surface area (Å²) in [4.78, 5) is 37.3. The molecule has 0 spiro atoms. The van der Waals surface area contributed by atoms with Crippen LogP contribution in [0.15, 0.2) is 54.6 Å². The lowest BCUT2D eigenvalue weighted by molar-refractivity contribution is -0.140. The molecule has 1 aliphatic heterocycles. The average Bonchev–Trinajstić information content (AvgIpc) is 2.84. The number of aliphatic carboxylic acids is 1. The van der Waals surface area contributed by atoms with Crippen molar-refractivity contribution in [1.82, 2.24) is 4.90 Å². The van der Waals surface area contributed by atoms with E-state index in [0.29, 0.717) is 5.75 Å². The third-order valence-corrected chi connectivity index (χ3v) is 4.90. The summed E-state index contributed by atoms with van der Waals surface area (Å²) in [7, 11) is 0. The average molecular weight is 341 g/mol. The van der Waals surface area contributed by atoms with E-state index >= 15 is 0 Å². The minimum absolute atomic E-state index is 0.149. The molecule has 2 amide bonds. The maximum absolute atomic E-state index is 12.4. The Kier molecular flexibility index (Phi) is 4.66. The second-order valence-corrected chi connectivity index (χ2v) is 6.41. The lowest BCUT2D eigenvalue weighted by atomic mass is 10.1. The number of hydrogen-bond acceptors (Lipinski definition) is 4. The van der Waals surface area contributed by atoms with Gasteiger partial charge in [-0.2, -0.15) is 11.8 Å². The number of carbonyl (C=O) groups is 3. The van der Waals surface area contributed by atoms with Crippen molar-refractivity contribution >= 4 is 29.5 Å². The maximum Gasteiger partial charge on any atom is 0.327 e. The van der Waals surface area contributed by atoms with Gasteiger partial charge in [0.2, 0.25) is 0 Å². The molecule has 1 heterocycles. The fourth-order valence-electron chi connectivity index (χ4n) is 2.61. The van der Waals surface area contributed by atoms with Gasteiger partial charge >= 0.3 is 5.97 Å². The minimum Gasteiger partial charge on any atom is -0.480 e. The third kappa shape index (κ3) is 3.05. The zero-order valence-electron chi connectivity index (χ0n) is 12.7.